The Morgan fingerprint density at radius 1 is 1.44 bits per heavy atom. The summed E-state index contributed by atoms with van der Waals surface area (Å²) in [5.74, 6) is 0. The van der Waals surface area contributed by atoms with Crippen molar-refractivity contribution in [3.8, 4) is 0 Å². The van der Waals surface area contributed by atoms with E-state index in [1.54, 1.807) is 0 Å². The highest BCUT2D eigenvalue weighted by Crippen LogP contribution is 2.17. The third-order valence-corrected chi connectivity index (χ3v) is 3.31. The molecule has 0 spiro atoms. The molecule has 1 atom stereocenters. The lowest BCUT2D eigenvalue weighted by atomic mass is 10.0. The van der Waals surface area contributed by atoms with E-state index >= 15 is 0 Å². The lowest BCUT2D eigenvalue weighted by Gasteiger charge is -2.16. The summed E-state index contributed by atoms with van der Waals surface area (Å²) in [7, 11) is 0. The third kappa shape index (κ3) is 3.86. The van der Waals surface area contributed by atoms with Crippen molar-refractivity contribution in [2.24, 2.45) is 0 Å². The van der Waals surface area contributed by atoms with Gasteiger partial charge in [0.15, 0.2) is 0 Å². The fourth-order valence-electron chi connectivity index (χ4n) is 2.22. The molecular formula is C15H22N2O. The van der Waals surface area contributed by atoms with Crippen molar-refractivity contribution >= 4 is 0 Å². The Kier molecular flexibility index (Phi) is 4.79. The molecule has 0 saturated carbocycles. The molecule has 0 saturated heterocycles. The summed E-state index contributed by atoms with van der Waals surface area (Å²) in [5.41, 5.74) is 3.68. The van der Waals surface area contributed by atoms with Crippen LogP contribution in [0.1, 0.15) is 26.2 Å². The van der Waals surface area contributed by atoms with E-state index in [1.807, 2.05) is 18.4 Å². The van der Waals surface area contributed by atoms with Gasteiger partial charge >= 0.3 is 0 Å². The Bertz CT molecular complexity index is 405. The molecule has 0 radical (unpaired) electrons. The van der Waals surface area contributed by atoms with E-state index < -0.39 is 0 Å². The van der Waals surface area contributed by atoms with E-state index in [0.29, 0.717) is 0 Å². The summed E-state index contributed by atoms with van der Waals surface area (Å²) in [6.07, 6.45) is 12.8. The molecule has 2 rings (SSSR count). The summed E-state index contributed by atoms with van der Waals surface area (Å²) >= 11 is 0. The van der Waals surface area contributed by atoms with Crippen LogP contribution in [0.4, 0.5) is 0 Å². The molecule has 0 aromatic heterocycles. The molecule has 0 fully saturated rings. The fourth-order valence-corrected chi connectivity index (χ4v) is 2.22. The molecule has 98 valence electrons. The molecule has 1 heterocycles. The molecule has 0 bridgehead atoms. The van der Waals surface area contributed by atoms with Gasteiger partial charge in [0.25, 0.3) is 0 Å². The van der Waals surface area contributed by atoms with E-state index in [4.69, 9.17) is 0 Å². The first-order chi connectivity index (χ1) is 8.75. The predicted octanol–water partition coefficient (Wildman–Crippen LogP) is 1.99. The van der Waals surface area contributed by atoms with Gasteiger partial charge in [0.05, 0.1) is 6.10 Å². The number of nitrogens with one attached hydrogen (secondary N) is 2. The van der Waals surface area contributed by atoms with Crippen molar-refractivity contribution in [1.82, 2.24) is 10.6 Å². The standard InChI is InChI=1S/C15H22N2O/c1-12-11-14(18)4-5-15(12)17-10-7-13-3-2-8-16-9-6-13/h3-5,7,10,14,16-18H,2,6,8-9,11H2,1H3/b10-7+. The largest absolute Gasteiger partial charge is 0.389 e. The maximum atomic E-state index is 9.48. The van der Waals surface area contributed by atoms with E-state index in [1.165, 1.54) is 11.1 Å². The van der Waals surface area contributed by atoms with Crippen LogP contribution in [0.5, 0.6) is 0 Å². The summed E-state index contributed by atoms with van der Waals surface area (Å²) < 4.78 is 0. The van der Waals surface area contributed by atoms with Crippen LogP contribution >= 0.6 is 0 Å². The SMILES string of the molecule is CC1=C(N/C=C/C2=CCCNCC2)C=CC(O)C1. The monoisotopic (exact) mass is 246 g/mol. The third-order valence-electron chi connectivity index (χ3n) is 3.31. The lowest BCUT2D eigenvalue weighted by molar-refractivity contribution is 0.221. The van der Waals surface area contributed by atoms with Crippen LogP contribution in [-0.2, 0) is 0 Å². The second-order valence-electron chi connectivity index (χ2n) is 4.87. The zero-order valence-electron chi connectivity index (χ0n) is 10.9. The first-order valence-electron chi connectivity index (χ1n) is 6.64. The minimum atomic E-state index is -0.324. The summed E-state index contributed by atoms with van der Waals surface area (Å²) in [6, 6.07) is 0. The molecule has 3 N–H and O–H groups in total. The van der Waals surface area contributed by atoms with Gasteiger partial charge in [0.2, 0.25) is 0 Å². The van der Waals surface area contributed by atoms with Crippen LogP contribution in [0, 0.1) is 0 Å². The molecule has 3 nitrogen and oxygen atoms in total. The van der Waals surface area contributed by atoms with Gasteiger partial charge in [-0.25, -0.2) is 0 Å². The molecule has 0 aromatic rings. The Hall–Kier alpha value is -1.32. The smallest absolute Gasteiger partial charge is 0.0762 e. The minimum absolute atomic E-state index is 0.324. The van der Waals surface area contributed by atoms with Gasteiger partial charge in [-0.3, -0.25) is 0 Å². The first-order valence-corrected chi connectivity index (χ1v) is 6.64. The molecule has 18 heavy (non-hydrogen) atoms. The Balaban J connectivity index is 1.89. The van der Waals surface area contributed by atoms with Gasteiger partial charge in [-0.05, 0) is 62.6 Å². The summed E-state index contributed by atoms with van der Waals surface area (Å²) in [6.45, 7) is 4.19. The highest BCUT2D eigenvalue weighted by Gasteiger charge is 2.09. The number of hydrogen-bond acceptors (Lipinski definition) is 3. The van der Waals surface area contributed by atoms with Crippen molar-refractivity contribution in [2.45, 2.75) is 32.3 Å². The van der Waals surface area contributed by atoms with Crippen LogP contribution in [0.25, 0.3) is 0 Å². The second kappa shape index (κ2) is 6.57. The highest BCUT2D eigenvalue weighted by atomic mass is 16.3. The maximum absolute atomic E-state index is 9.48. The number of aliphatic hydroxyl groups is 1. The topological polar surface area (TPSA) is 44.3 Å². The summed E-state index contributed by atoms with van der Waals surface area (Å²) in [4.78, 5) is 0. The molecule has 0 amide bonds. The molecule has 2 aliphatic rings. The number of aliphatic hydroxyl groups excluding tert-OH is 1. The number of allylic oxidation sites excluding steroid dienone is 2. The maximum Gasteiger partial charge on any atom is 0.0762 e. The van der Waals surface area contributed by atoms with Crippen LogP contribution in [0.3, 0.4) is 0 Å². The Labute approximate surface area is 109 Å². The predicted molar refractivity (Wildman–Crippen MR) is 74.9 cm³/mol. The molecule has 1 unspecified atom stereocenters. The van der Waals surface area contributed by atoms with Crippen molar-refractivity contribution in [1.29, 1.82) is 0 Å². The lowest BCUT2D eigenvalue weighted by Crippen LogP contribution is -2.15. The molecule has 1 aliphatic heterocycles. The zero-order chi connectivity index (χ0) is 12.8. The van der Waals surface area contributed by atoms with Gasteiger partial charge in [0, 0.05) is 11.9 Å². The van der Waals surface area contributed by atoms with E-state index in [0.717, 1.165) is 38.0 Å². The Morgan fingerprint density at radius 3 is 3.17 bits per heavy atom. The van der Waals surface area contributed by atoms with Crippen LogP contribution in [-0.4, -0.2) is 24.3 Å². The fraction of sp³-hybridized carbons (Fsp3) is 0.467. The average Bonchev–Trinajstić information content (AvgIpc) is 2.60. The highest BCUT2D eigenvalue weighted by molar-refractivity contribution is 5.31. The van der Waals surface area contributed by atoms with Gasteiger partial charge in [-0.15, -0.1) is 0 Å². The molecular weight excluding hydrogens is 224 g/mol. The normalized spacial score (nSPS) is 25.2. The zero-order valence-corrected chi connectivity index (χ0v) is 10.9. The number of hydrogen-bond donors (Lipinski definition) is 3. The van der Waals surface area contributed by atoms with E-state index in [2.05, 4.69) is 29.7 Å². The van der Waals surface area contributed by atoms with Crippen LogP contribution in [0.2, 0.25) is 0 Å². The van der Waals surface area contributed by atoms with Crippen molar-refractivity contribution < 1.29 is 5.11 Å². The number of rotatable bonds is 3. The second-order valence-corrected chi connectivity index (χ2v) is 4.87. The average molecular weight is 246 g/mol. The van der Waals surface area contributed by atoms with Crippen LogP contribution in [0.15, 0.2) is 47.3 Å². The van der Waals surface area contributed by atoms with Gasteiger partial charge < -0.3 is 15.7 Å². The molecule has 3 heteroatoms. The van der Waals surface area contributed by atoms with Crippen LogP contribution < -0.4 is 10.6 Å². The molecule has 0 aromatic carbocycles. The van der Waals surface area contributed by atoms with Gasteiger partial charge in [0.1, 0.15) is 0 Å². The van der Waals surface area contributed by atoms with Crippen molar-refractivity contribution in [3.63, 3.8) is 0 Å². The first kappa shape index (κ1) is 13.1. The van der Waals surface area contributed by atoms with Crippen molar-refractivity contribution in [2.75, 3.05) is 13.1 Å². The van der Waals surface area contributed by atoms with E-state index in [-0.39, 0.29) is 6.10 Å². The quantitative estimate of drug-likeness (QED) is 0.713. The Morgan fingerprint density at radius 2 is 2.33 bits per heavy atom. The van der Waals surface area contributed by atoms with Gasteiger partial charge in [-0.1, -0.05) is 12.2 Å². The van der Waals surface area contributed by atoms with Gasteiger partial charge in [-0.2, -0.15) is 0 Å². The minimum Gasteiger partial charge on any atom is -0.389 e. The van der Waals surface area contributed by atoms with Crippen molar-refractivity contribution in [3.05, 3.63) is 47.3 Å². The van der Waals surface area contributed by atoms with E-state index in [9.17, 15) is 5.11 Å². The summed E-state index contributed by atoms with van der Waals surface area (Å²) in [5, 5.41) is 16.1. The molecule has 1 aliphatic carbocycles.